The maximum atomic E-state index is 13.2. The van der Waals surface area contributed by atoms with Crippen molar-refractivity contribution < 1.29 is 4.79 Å². The lowest BCUT2D eigenvalue weighted by Gasteiger charge is -2.22. The third-order valence-corrected chi connectivity index (χ3v) is 5.22. The Morgan fingerprint density at radius 3 is 2.22 bits per heavy atom. The van der Waals surface area contributed by atoms with Crippen LogP contribution in [0.4, 0.5) is 10.8 Å². The summed E-state index contributed by atoms with van der Waals surface area (Å²) in [5, 5.41) is 0.745. The van der Waals surface area contributed by atoms with Crippen LogP contribution in [0.2, 0.25) is 0 Å². The van der Waals surface area contributed by atoms with Gasteiger partial charge in [0.15, 0.2) is 5.13 Å². The van der Waals surface area contributed by atoms with Crippen LogP contribution >= 0.6 is 23.7 Å². The number of rotatable bonds is 6. The molecule has 1 heterocycles. The second-order valence-electron chi connectivity index (χ2n) is 6.67. The fourth-order valence-electron chi connectivity index (χ4n) is 2.62. The first kappa shape index (κ1) is 21.2. The zero-order valence-electron chi connectivity index (χ0n) is 16.0. The van der Waals surface area contributed by atoms with Crippen molar-refractivity contribution in [2.24, 2.45) is 0 Å². The minimum atomic E-state index is -0.0174. The Kier molecular flexibility index (Phi) is 7.18. The zero-order valence-corrected chi connectivity index (χ0v) is 17.7. The van der Waals surface area contributed by atoms with Crippen LogP contribution in [0.5, 0.6) is 0 Å². The zero-order chi connectivity index (χ0) is 18.7. The molecule has 0 bridgehead atoms. The molecule has 7 heteroatoms. The van der Waals surface area contributed by atoms with Gasteiger partial charge in [0.1, 0.15) is 0 Å². The van der Waals surface area contributed by atoms with Gasteiger partial charge in [-0.3, -0.25) is 9.69 Å². The van der Waals surface area contributed by atoms with Crippen LogP contribution in [0.25, 0.3) is 10.2 Å². The normalized spacial score (nSPS) is 10.7. The van der Waals surface area contributed by atoms with Gasteiger partial charge >= 0.3 is 0 Å². The van der Waals surface area contributed by atoms with Crippen LogP contribution in [-0.4, -0.2) is 57.1 Å². The summed E-state index contributed by atoms with van der Waals surface area (Å²) in [5.41, 5.74) is 2.67. The number of nitrogens with zero attached hydrogens (tertiary/aromatic N) is 4. The molecule has 0 radical (unpaired) electrons. The first-order valence-corrected chi connectivity index (χ1v) is 9.37. The number of likely N-dealkylation sites (N-methyl/N-ethyl adjacent to an activating group) is 1. The van der Waals surface area contributed by atoms with E-state index in [4.69, 9.17) is 0 Å². The SMILES string of the molecule is CN(C)CCN(C(=O)c1ccc(N(C)C)cc1)c1nc2ccccc2s1.Cl. The third-order valence-electron chi connectivity index (χ3n) is 4.16. The predicted molar refractivity (Wildman–Crippen MR) is 118 cm³/mol. The van der Waals surface area contributed by atoms with E-state index in [0.29, 0.717) is 12.1 Å². The fraction of sp³-hybridized carbons (Fsp3) is 0.300. The molecule has 0 saturated heterocycles. The Bertz CT molecular complexity index is 859. The van der Waals surface area contributed by atoms with Gasteiger partial charge in [-0.1, -0.05) is 23.5 Å². The lowest BCUT2D eigenvalue weighted by atomic mass is 10.1. The standard InChI is InChI=1S/C20H24N4OS.ClH/c1-22(2)13-14-24(20-21-17-7-5-6-8-18(17)26-20)19(25)15-9-11-16(12-10-15)23(3)4;/h5-12H,13-14H2,1-4H3;1H. The Morgan fingerprint density at radius 2 is 1.63 bits per heavy atom. The van der Waals surface area contributed by atoms with Gasteiger partial charge in [0.05, 0.1) is 10.2 Å². The highest BCUT2D eigenvalue weighted by molar-refractivity contribution is 7.22. The minimum Gasteiger partial charge on any atom is -0.378 e. The number of amides is 1. The van der Waals surface area contributed by atoms with Crippen molar-refractivity contribution in [3.05, 3.63) is 54.1 Å². The Labute approximate surface area is 170 Å². The first-order chi connectivity index (χ1) is 12.5. The molecule has 0 unspecified atom stereocenters. The molecule has 0 fully saturated rings. The molecular weight excluding hydrogens is 380 g/mol. The van der Waals surface area contributed by atoms with Crippen molar-refractivity contribution in [1.29, 1.82) is 0 Å². The van der Waals surface area contributed by atoms with Crippen molar-refractivity contribution in [3.63, 3.8) is 0 Å². The van der Waals surface area contributed by atoms with Crippen LogP contribution in [0.1, 0.15) is 10.4 Å². The quantitative estimate of drug-likeness (QED) is 0.622. The molecule has 5 nitrogen and oxygen atoms in total. The summed E-state index contributed by atoms with van der Waals surface area (Å²) in [5.74, 6) is -0.0174. The molecule has 1 aromatic heterocycles. The van der Waals surface area contributed by atoms with E-state index in [2.05, 4.69) is 9.88 Å². The molecule has 0 spiro atoms. The highest BCUT2D eigenvalue weighted by Gasteiger charge is 2.21. The molecular formula is C20H25ClN4OS. The van der Waals surface area contributed by atoms with E-state index in [-0.39, 0.29) is 18.3 Å². The predicted octanol–water partition coefficient (Wildman–Crippen LogP) is 3.99. The van der Waals surface area contributed by atoms with E-state index in [1.807, 2.05) is 81.6 Å². The summed E-state index contributed by atoms with van der Waals surface area (Å²) >= 11 is 1.56. The summed E-state index contributed by atoms with van der Waals surface area (Å²) in [6.07, 6.45) is 0. The van der Waals surface area contributed by atoms with Crippen molar-refractivity contribution in [3.8, 4) is 0 Å². The molecule has 0 saturated carbocycles. The summed E-state index contributed by atoms with van der Waals surface area (Å²) in [6.45, 7) is 1.37. The number of fused-ring (bicyclic) bond motifs is 1. The summed E-state index contributed by atoms with van der Waals surface area (Å²) in [4.78, 5) is 23.7. The highest BCUT2D eigenvalue weighted by Crippen LogP contribution is 2.29. The van der Waals surface area contributed by atoms with Crippen LogP contribution in [0.15, 0.2) is 48.5 Å². The van der Waals surface area contributed by atoms with Gasteiger partial charge < -0.3 is 9.80 Å². The lowest BCUT2D eigenvalue weighted by molar-refractivity contribution is 0.0985. The molecule has 144 valence electrons. The first-order valence-electron chi connectivity index (χ1n) is 8.55. The average molecular weight is 405 g/mol. The van der Waals surface area contributed by atoms with Gasteiger partial charge in [0.25, 0.3) is 5.91 Å². The highest BCUT2D eigenvalue weighted by atomic mass is 35.5. The topological polar surface area (TPSA) is 39.7 Å². The van der Waals surface area contributed by atoms with E-state index >= 15 is 0 Å². The number of hydrogen-bond donors (Lipinski definition) is 0. The molecule has 0 N–H and O–H groups in total. The van der Waals surface area contributed by atoms with Gasteiger partial charge in [0, 0.05) is 38.4 Å². The van der Waals surface area contributed by atoms with Crippen LogP contribution < -0.4 is 9.80 Å². The summed E-state index contributed by atoms with van der Waals surface area (Å²) in [6, 6.07) is 15.7. The molecule has 0 aliphatic heterocycles. The van der Waals surface area contributed by atoms with Crippen molar-refractivity contribution >= 4 is 50.7 Å². The second-order valence-corrected chi connectivity index (χ2v) is 7.67. The van der Waals surface area contributed by atoms with Crippen LogP contribution in [0.3, 0.4) is 0 Å². The maximum Gasteiger partial charge on any atom is 0.260 e. The maximum absolute atomic E-state index is 13.2. The minimum absolute atomic E-state index is 0. The number of aromatic nitrogens is 1. The van der Waals surface area contributed by atoms with Gasteiger partial charge in [-0.2, -0.15) is 0 Å². The van der Waals surface area contributed by atoms with Gasteiger partial charge in [-0.25, -0.2) is 4.98 Å². The number of thiazole rings is 1. The van der Waals surface area contributed by atoms with Crippen LogP contribution in [0, 0.1) is 0 Å². The fourth-order valence-corrected chi connectivity index (χ4v) is 3.61. The third kappa shape index (κ3) is 4.97. The smallest absolute Gasteiger partial charge is 0.260 e. The number of carbonyl (C=O) groups excluding carboxylic acids is 1. The number of halogens is 1. The molecule has 3 aromatic rings. The average Bonchev–Trinajstić information content (AvgIpc) is 3.05. The number of anilines is 2. The molecule has 3 rings (SSSR count). The number of hydrogen-bond acceptors (Lipinski definition) is 5. The van der Waals surface area contributed by atoms with Crippen LogP contribution in [-0.2, 0) is 0 Å². The van der Waals surface area contributed by atoms with Gasteiger partial charge in [0.2, 0.25) is 0 Å². The Morgan fingerprint density at radius 1 is 0.963 bits per heavy atom. The van der Waals surface area contributed by atoms with Crippen molar-refractivity contribution in [2.45, 2.75) is 0 Å². The monoisotopic (exact) mass is 404 g/mol. The molecule has 2 aromatic carbocycles. The van der Waals surface area contributed by atoms with Crippen molar-refractivity contribution in [2.75, 3.05) is 51.1 Å². The molecule has 0 atom stereocenters. The van der Waals surface area contributed by atoms with E-state index in [1.54, 1.807) is 16.2 Å². The number of para-hydroxylation sites is 1. The van der Waals surface area contributed by atoms with E-state index < -0.39 is 0 Å². The Hall–Kier alpha value is -2.15. The van der Waals surface area contributed by atoms with Gasteiger partial charge in [-0.05, 0) is 50.5 Å². The van der Waals surface area contributed by atoms with Crippen molar-refractivity contribution in [1.82, 2.24) is 9.88 Å². The summed E-state index contributed by atoms with van der Waals surface area (Å²) < 4.78 is 1.09. The lowest BCUT2D eigenvalue weighted by Crippen LogP contribution is -2.36. The van der Waals surface area contributed by atoms with E-state index in [1.165, 1.54) is 0 Å². The number of benzene rings is 2. The Balaban J connectivity index is 0.00000261. The van der Waals surface area contributed by atoms with Gasteiger partial charge in [-0.15, -0.1) is 12.4 Å². The van der Waals surface area contributed by atoms with E-state index in [0.717, 1.165) is 27.6 Å². The number of carbonyl (C=O) groups is 1. The molecule has 1 amide bonds. The summed E-state index contributed by atoms with van der Waals surface area (Å²) in [7, 11) is 7.99. The largest absolute Gasteiger partial charge is 0.378 e. The second kappa shape index (κ2) is 9.17. The molecule has 27 heavy (non-hydrogen) atoms. The molecule has 0 aliphatic carbocycles. The van der Waals surface area contributed by atoms with E-state index in [9.17, 15) is 4.79 Å². The molecule has 0 aliphatic rings.